The summed E-state index contributed by atoms with van der Waals surface area (Å²) in [5.74, 6) is -2.14. The molecule has 0 spiro atoms. The van der Waals surface area contributed by atoms with Gasteiger partial charge in [0.1, 0.15) is 6.61 Å². The number of allylic oxidation sites excluding steroid dienone is 2. The molecule has 2 aliphatic carbocycles. The van der Waals surface area contributed by atoms with E-state index in [9.17, 15) is 19.5 Å². The van der Waals surface area contributed by atoms with Crippen LogP contribution < -0.4 is 14.6 Å². The molecule has 9 heteroatoms. The quantitative estimate of drug-likeness (QED) is 0.391. The van der Waals surface area contributed by atoms with Crippen LogP contribution in [0.3, 0.4) is 0 Å². The van der Waals surface area contributed by atoms with E-state index in [1.807, 2.05) is 12.2 Å². The van der Waals surface area contributed by atoms with Gasteiger partial charge in [0, 0.05) is 0 Å². The number of imide groups is 1. The van der Waals surface area contributed by atoms with Crippen LogP contribution in [0.25, 0.3) is 0 Å². The molecule has 8 nitrogen and oxygen atoms in total. The highest BCUT2D eigenvalue weighted by molar-refractivity contribution is 6.32. The van der Waals surface area contributed by atoms with Gasteiger partial charge < -0.3 is 19.4 Å². The summed E-state index contributed by atoms with van der Waals surface area (Å²) in [5, 5.41) is 15.7. The van der Waals surface area contributed by atoms with E-state index in [0.29, 0.717) is 5.56 Å². The number of fused-ring (bicyclic) bond motifs is 5. The highest BCUT2D eigenvalue weighted by Crippen LogP contribution is 2.52. The molecule has 146 valence electrons. The molecule has 1 aromatic carbocycles. The zero-order chi connectivity index (χ0) is 20.0. The van der Waals surface area contributed by atoms with Crippen molar-refractivity contribution in [2.75, 3.05) is 13.7 Å². The standard InChI is InChI=1S/C19H17ClN2O6/c1-27-13-5-9(4-12(20)17(13)28-8-14(23)24)7-21-22-18(25)15-10-2-3-11(6-10)16(15)19(22)26/h2-5,7,10-11,15-16H,6,8H2,1H3,(H,23,24)/p-1/b21-7-/t10-,11-,15-,16-/m0/s1. The van der Waals surface area contributed by atoms with Crippen LogP contribution in [0, 0.1) is 23.7 Å². The number of amides is 2. The first-order valence-electron chi connectivity index (χ1n) is 8.71. The van der Waals surface area contributed by atoms with Gasteiger partial charge in [-0.2, -0.15) is 10.1 Å². The molecule has 1 saturated carbocycles. The summed E-state index contributed by atoms with van der Waals surface area (Å²) >= 11 is 6.14. The molecule has 1 heterocycles. The van der Waals surface area contributed by atoms with Gasteiger partial charge in [0.05, 0.1) is 36.2 Å². The Morgan fingerprint density at radius 1 is 1.29 bits per heavy atom. The van der Waals surface area contributed by atoms with Gasteiger partial charge in [-0.05, 0) is 36.0 Å². The number of carbonyl (C=O) groups excluding carboxylic acids is 3. The second kappa shape index (κ2) is 6.94. The fraction of sp³-hybridized carbons (Fsp3) is 0.368. The lowest BCUT2D eigenvalue weighted by atomic mass is 9.85. The maximum absolute atomic E-state index is 12.6. The monoisotopic (exact) mass is 403 g/mol. The van der Waals surface area contributed by atoms with E-state index < -0.39 is 12.6 Å². The minimum atomic E-state index is -1.40. The number of hydrogen-bond donors (Lipinski definition) is 0. The van der Waals surface area contributed by atoms with Crippen molar-refractivity contribution >= 4 is 35.6 Å². The number of carboxylic acid groups (broad SMARTS) is 1. The Labute approximate surface area is 165 Å². The van der Waals surface area contributed by atoms with E-state index in [1.54, 1.807) is 0 Å². The highest BCUT2D eigenvalue weighted by atomic mass is 35.5. The van der Waals surface area contributed by atoms with Gasteiger partial charge in [0.15, 0.2) is 11.5 Å². The summed E-state index contributed by atoms with van der Waals surface area (Å²) < 4.78 is 10.2. The van der Waals surface area contributed by atoms with Crippen molar-refractivity contribution in [3.05, 3.63) is 34.9 Å². The first-order valence-corrected chi connectivity index (χ1v) is 9.08. The van der Waals surface area contributed by atoms with Gasteiger partial charge >= 0.3 is 0 Å². The Balaban J connectivity index is 1.55. The second-order valence-corrected chi connectivity index (χ2v) is 7.33. The van der Waals surface area contributed by atoms with Crippen LogP contribution in [0.4, 0.5) is 0 Å². The van der Waals surface area contributed by atoms with Crippen LogP contribution >= 0.6 is 11.6 Å². The number of carbonyl (C=O) groups is 3. The van der Waals surface area contributed by atoms with Gasteiger partial charge in [0.2, 0.25) is 0 Å². The van der Waals surface area contributed by atoms with Gasteiger partial charge in [-0.3, -0.25) is 9.59 Å². The number of halogens is 1. The smallest absolute Gasteiger partial charge is 0.254 e. The van der Waals surface area contributed by atoms with Crippen LogP contribution in [0.5, 0.6) is 11.5 Å². The van der Waals surface area contributed by atoms with Crippen molar-refractivity contribution in [1.82, 2.24) is 5.01 Å². The molecule has 0 unspecified atom stereocenters. The summed E-state index contributed by atoms with van der Waals surface area (Å²) in [7, 11) is 1.37. The number of aliphatic carboxylic acids is 1. The molecule has 1 aliphatic heterocycles. The van der Waals surface area contributed by atoms with E-state index in [2.05, 4.69) is 5.10 Å². The molecular weight excluding hydrogens is 388 g/mol. The van der Waals surface area contributed by atoms with Crippen molar-refractivity contribution in [2.45, 2.75) is 6.42 Å². The molecule has 28 heavy (non-hydrogen) atoms. The molecular formula is C19H16ClN2O6-. The van der Waals surface area contributed by atoms with Crippen molar-refractivity contribution in [1.29, 1.82) is 0 Å². The van der Waals surface area contributed by atoms with Crippen LogP contribution in [0.1, 0.15) is 12.0 Å². The van der Waals surface area contributed by atoms with Crippen molar-refractivity contribution in [2.24, 2.45) is 28.8 Å². The van der Waals surface area contributed by atoms with Crippen molar-refractivity contribution in [3.63, 3.8) is 0 Å². The zero-order valence-electron chi connectivity index (χ0n) is 14.8. The molecule has 2 amide bonds. The molecule has 1 saturated heterocycles. The Kier molecular flexibility index (Phi) is 4.58. The summed E-state index contributed by atoms with van der Waals surface area (Å²) in [6.45, 7) is -0.681. The average Bonchev–Trinajstić information content (AvgIpc) is 3.33. The summed E-state index contributed by atoms with van der Waals surface area (Å²) in [4.78, 5) is 35.8. The third-order valence-electron chi connectivity index (χ3n) is 5.36. The number of methoxy groups -OCH3 is 1. The van der Waals surface area contributed by atoms with E-state index in [1.165, 1.54) is 25.5 Å². The summed E-state index contributed by atoms with van der Waals surface area (Å²) in [6, 6.07) is 2.98. The first kappa shape index (κ1) is 18.5. The number of hydrazone groups is 1. The number of carboxylic acids is 1. The molecule has 4 rings (SSSR count). The minimum absolute atomic E-state index is 0.0519. The molecule has 2 bridgehead atoms. The van der Waals surface area contributed by atoms with Gasteiger partial charge in [0.25, 0.3) is 11.8 Å². The summed E-state index contributed by atoms with van der Waals surface area (Å²) in [5.41, 5.74) is 0.460. The number of hydrogen-bond acceptors (Lipinski definition) is 7. The zero-order valence-corrected chi connectivity index (χ0v) is 15.6. The first-order chi connectivity index (χ1) is 13.4. The van der Waals surface area contributed by atoms with Crippen LogP contribution in [-0.4, -0.2) is 42.7 Å². The molecule has 2 fully saturated rings. The Hall–Kier alpha value is -2.87. The Morgan fingerprint density at radius 3 is 2.50 bits per heavy atom. The number of ether oxygens (including phenoxy) is 2. The maximum atomic E-state index is 12.6. The van der Waals surface area contributed by atoms with E-state index in [4.69, 9.17) is 21.1 Å². The SMILES string of the molecule is COc1cc(/C=N\N2C(=O)[C@@H]3[C@@H](C2=O)[C@H]2C=C[C@H]3C2)cc(Cl)c1OCC(=O)[O-]. The normalized spacial score (nSPS) is 27.7. The van der Waals surface area contributed by atoms with Crippen LogP contribution in [0.2, 0.25) is 5.02 Å². The van der Waals surface area contributed by atoms with Gasteiger partial charge in [-0.1, -0.05) is 23.8 Å². The summed E-state index contributed by atoms with van der Waals surface area (Å²) in [6.07, 6.45) is 6.22. The predicted octanol–water partition coefficient (Wildman–Crippen LogP) is 0.618. The van der Waals surface area contributed by atoms with Crippen molar-refractivity contribution in [3.8, 4) is 11.5 Å². The molecule has 0 N–H and O–H groups in total. The molecule has 0 radical (unpaired) electrons. The lowest BCUT2D eigenvalue weighted by molar-refractivity contribution is -0.307. The highest BCUT2D eigenvalue weighted by Gasteiger charge is 2.59. The molecule has 0 aromatic heterocycles. The van der Waals surface area contributed by atoms with Crippen molar-refractivity contribution < 1.29 is 29.0 Å². The minimum Gasteiger partial charge on any atom is -0.546 e. The molecule has 1 aromatic rings. The average molecular weight is 404 g/mol. The van der Waals surface area contributed by atoms with Gasteiger partial charge in [-0.25, -0.2) is 0 Å². The molecule has 4 atom stereocenters. The molecule has 3 aliphatic rings. The third-order valence-corrected chi connectivity index (χ3v) is 5.64. The van der Waals surface area contributed by atoms with Gasteiger partial charge in [-0.15, -0.1) is 0 Å². The topological polar surface area (TPSA) is 108 Å². The Bertz CT molecular complexity index is 897. The third kappa shape index (κ3) is 2.93. The fourth-order valence-corrected chi connectivity index (χ4v) is 4.48. The second-order valence-electron chi connectivity index (χ2n) is 6.93. The fourth-order valence-electron chi connectivity index (χ4n) is 4.21. The maximum Gasteiger partial charge on any atom is 0.254 e. The lowest BCUT2D eigenvalue weighted by Gasteiger charge is -2.14. The predicted molar refractivity (Wildman–Crippen MR) is 95.7 cm³/mol. The lowest BCUT2D eigenvalue weighted by Crippen LogP contribution is -2.29. The van der Waals surface area contributed by atoms with E-state index >= 15 is 0 Å². The van der Waals surface area contributed by atoms with Crippen LogP contribution in [-0.2, 0) is 14.4 Å². The number of benzene rings is 1. The van der Waals surface area contributed by atoms with Crippen LogP contribution in [0.15, 0.2) is 29.4 Å². The van der Waals surface area contributed by atoms with E-state index in [-0.39, 0.29) is 52.0 Å². The van der Waals surface area contributed by atoms with E-state index in [0.717, 1.165) is 11.4 Å². The largest absolute Gasteiger partial charge is 0.546 e. The number of nitrogens with zero attached hydrogens (tertiary/aromatic N) is 2. The number of rotatable bonds is 6. The Morgan fingerprint density at radius 2 is 1.93 bits per heavy atom.